The Bertz CT molecular complexity index is 523. The Morgan fingerprint density at radius 1 is 1.22 bits per heavy atom. The molecule has 0 bridgehead atoms. The van der Waals surface area contributed by atoms with Gasteiger partial charge in [-0.05, 0) is 37.1 Å². The highest BCUT2D eigenvalue weighted by atomic mass is 16.5. The van der Waals surface area contributed by atoms with Crippen LogP contribution in [-0.2, 0) is 6.61 Å². The minimum absolute atomic E-state index is 0.502. The lowest BCUT2D eigenvalue weighted by Gasteiger charge is -2.10. The van der Waals surface area contributed by atoms with Crippen LogP contribution in [0.4, 0.5) is 5.82 Å². The second kappa shape index (κ2) is 5.51. The molecule has 4 nitrogen and oxygen atoms in total. The predicted octanol–water partition coefficient (Wildman–Crippen LogP) is 2.56. The lowest BCUT2D eigenvalue weighted by molar-refractivity contribution is 0.303. The molecule has 0 saturated carbocycles. The summed E-state index contributed by atoms with van der Waals surface area (Å²) in [6, 6.07) is 9.93. The number of nitrogens with one attached hydrogen (secondary N) is 1. The van der Waals surface area contributed by atoms with Crippen LogP contribution in [0, 0.1) is 13.8 Å². The van der Waals surface area contributed by atoms with Gasteiger partial charge in [0.1, 0.15) is 18.2 Å². The molecule has 94 valence electrons. The zero-order valence-corrected chi connectivity index (χ0v) is 10.6. The van der Waals surface area contributed by atoms with Gasteiger partial charge >= 0.3 is 0 Å². The standard InChI is InChI=1S/C14H17N3O/c1-10-3-4-11(2)13(7-10)18-9-12-5-6-14(17-15)16-8-12/h3-8H,9,15H2,1-2H3,(H,16,17). The fraction of sp³-hybridized carbons (Fsp3) is 0.214. The van der Waals surface area contributed by atoms with Crippen LogP contribution in [0.2, 0.25) is 0 Å². The number of hydrogen-bond acceptors (Lipinski definition) is 4. The molecule has 0 fully saturated rings. The number of hydrogen-bond donors (Lipinski definition) is 2. The largest absolute Gasteiger partial charge is 0.489 e. The van der Waals surface area contributed by atoms with Crippen LogP contribution in [0.1, 0.15) is 16.7 Å². The molecule has 18 heavy (non-hydrogen) atoms. The summed E-state index contributed by atoms with van der Waals surface area (Å²) in [7, 11) is 0. The summed E-state index contributed by atoms with van der Waals surface area (Å²) in [6.45, 7) is 4.59. The van der Waals surface area contributed by atoms with Gasteiger partial charge in [-0.1, -0.05) is 18.2 Å². The summed E-state index contributed by atoms with van der Waals surface area (Å²) in [5, 5.41) is 0. The SMILES string of the molecule is Cc1ccc(C)c(OCc2ccc(NN)nc2)c1. The Labute approximate surface area is 107 Å². The highest BCUT2D eigenvalue weighted by Gasteiger charge is 2.01. The second-order valence-electron chi connectivity index (χ2n) is 4.25. The Morgan fingerprint density at radius 2 is 2.06 bits per heavy atom. The van der Waals surface area contributed by atoms with E-state index in [1.807, 2.05) is 25.1 Å². The smallest absolute Gasteiger partial charge is 0.139 e. The third kappa shape index (κ3) is 2.99. The first-order chi connectivity index (χ1) is 8.69. The van der Waals surface area contributed by atoms with E-state index in [2.05, 4.69) is 29.5 Å². The Balaban J connectivity index is 2.04. The van der Waals surface area contributed by atoms with Crippen molar-refractivity contribution in [2.45, 2.75) is 20.5 Å². The minimum atomic E-state index is 0.502. The summed E-state index contributed by atoms with van der Waals surface area (Å²) in [6.07, 6.45) is 1.75. The summed E-state index contributed by atoms with van der Waals surface area (Å²) in [4.78, 5) is 4.13. The quantitative estimate of drug-likeness (QED) is 0.640. The van der Waals surface area contributed by atoms with E-state index in [9.17, 15) is 0 Å². The maximum absolute atomic E-state index is 5.79. The lowest BCUT2D eigenvalue weighted by atomic mass is 10.1. The molecule has 2 rings (SSSR count). The first-order valence-electron chi connectivity index (χ1n) is 5.80. The van der Waals surface area contributed by atoms with Crippen molar-refractivity contribution < 1.29 is 4.74 Å². The average molecular weight is 243 g/mol. The second-order valence-corrected chi connectivity index (χ2v) is 4.25. The molecular weight excluding hydrogens is 226 g/mol. The van der Waals surface area contributed by atoms with Crippen molar-refractivity contribution in [3.8, 4) is 5.75 Å². The number of nitrogens with zero attached hydrogens (tertiary/aromatic N) is 1. The van der Waals surface area contributed by atoms with Gasteiger partial charge in [0.25, 0.3) is 0 Å². The van der Waals surface area contributed by atoms with Gasteiger partial charge in [0.05, 0.1) is 0 Å². The van der Waals surface area contributed by atoms with E-state index >= 15 is 0 Å². The summed E-state index contributed by atoms with van der Waals surface area (Å²) in [5.41, 5.74) is 5.83. The fourth-order valence-corrected chi connectivity index (χ4v) is 1.62. The number of pyridine rings is 1. The molecule has 1 aromatic carbocycles. The van der Waals surface area contributed by atoms with E-state index in [0.29, 0.717) is 12.4 Å². The molecule has 1 aromatic heterocycles. The molecular formula is C14H17N3O. The number of aromatic nitrogens is 1. The number of nitrogens with two attached hydrogens (primary N) is 1. The van der Waals surface area contributed by atoms with E-state index in [1.165, 1.54) is 5.56 Å². The number of aryl methyl sites for hydroxylation is 2. The summed E-state index contributed by atoms with van der Waals surface area (Å²) < 4.78 is 5.79. The van der Waals surface area contributed by atoms with E-state index < -0.39 is 0 Å². The van der Waals surface area contributed by atoms with Crippen molar-refractivity contribution in [3.05, 3.63) is 53.2 Å². The van der Waals surface area contributed by atoms with Gasteiger partial charge in [0, 0.05) is 11.8 Å². The third-order valence-corrected chi connectivity index (χ3v) is 2.71. The van der Waals surface area contributed by atoms with Crippen LogP contribution in [0.25, 0.3) is 0 Å². The van der Waals surface area contributed by atoms with E-state index in [-0.39, 0.29) is 0 Å². The fourth-order valence-electron chi connectivity index (χ4n) is 1.62. The Hall–Kier alpha value is -2.07. The van der Waals surface area contributed by atoms with Crippen LogP contribution >= 0.6 is 0 Å². The predicted molar refractivity (Wildman–Crippen MR) is 72.3 cm³/mol. The molecule has 0 aliphatic heterocycles. The van der Waals surface area contributed by atoms with Crippen LogP contribution in [0.15, 0.2) is 36.5 Å². The molecule has 0 saturated heterocycles. The van der Waals surface area contributed by atoms with Crippen LogP contribution < -0.4 is 16.0 Å². The van der Waals surface area contributed by atoms with Gasteiger partial charge in [-0.2, -0.15) is 0 Å². The van der Waals surface area contributed by atoms with E-state index in [0.717, 1.165) is 16.9 Å². The zero-order chi connectivity index (χ0) is 13.0. The highest BCUT2D eigenvalue weighted by Crippen LogP contribution is 2.20. The van der Waals surface area contributed by atoms with Crippen molar-refractivity contribution >= 4 is 5.82 Å². The maximum atomic E-state index is 5.79. The molecule has 2 aromatic rings. The molecule has 0 spiro atoms. The molecule has 0 unspecified atom stereocenters. The monoisotopic (exact) mass is 243 g/mol. The molecule has 3 N–H and O–H groups in total. The third-order valence-electron chi connectivity index (χ3n) is 2.71. The molecule has 1 heterocycles. The van der Waals surface area contributed by atoms with E-state index in [1.54, 1.807) is 6.20 Å². The number of nitrogen functional groups attached to an aromatic ring is 1. The first-order valence-corrected chi connectivity index (χ1v) is 5.80. The molecule has 0 amide bonds. The summed E-state index contributed by atoms with van der Waals surface area (Å²) in [5.74, 6) is 6.81. The van der Waals surface area contributed by atoms with Crippen molar-refractivity contribution in [1.29, 1.82) is 0 Å². The average Bonchev–Trinajstić information content (AvgIpc) is 2.40. The van der Waals surface area contributed by atoms with Gasteiger partial charge in [-0.3, -0.25) is 0 Å². The number of ether oxygens (including phenoxy) is 1. The normalized spacial score (nSPS) is 10.2. The molecule has 0 atom stereocenters. The van der Waals surface area contributed by atoms with Gasteiger partial charge in [0.2, 0.25) is 0 Å². The minimum Gasteiger partial charge on any atom is -0.489 e. The van der Waals surface area contributed by atoms with Crippen molar-refractivity contribution in [3.63, 3.8) is 0 Å². The highest BCUT2D eigenvalue weighted by molar-refractivity contribution is 5.37. The summed E-state index contributed by atoms with van der Waals surface area (Å²) >= 11 is 0. The number of anilines is 1. The van der Waals surface area contributed by atoms with Gasteiger partial charge < -0.3 is 10.2 Å². The van der Waals surface area contributed by atoms with Crippen LogP contribution in [0.5, 0.6) is 5.75 Å². The first kappa shape index (κ1) is 12.4. The zero-order valence-electron chi connectivity index (χ0n) is 10.6. The van der Waals surface area contributed by atoms with Crippen LogP contribution in [0.3, 0.4) is 0 Å². The molecule has 0 radical (unpaired) electrons. The number of rotatable bonds is 4. The number of benzene rings is 1. The van der Waals surface area contributed by atoms with Gasteiger partial charge in [-0.25, -0.2) is 10.8 Å². The topological polar surface area (TPSA) is 60.2 Å². The van der Waals surface area contributed by atoms with Crippen molar-refractivity contribution in [1.82, 2.24) is 4.98 Å². The van der Waals surface area contributed by atoms with E-state index in [4.69, 9.17) is 10.6 Å². The number of hydrazine groups is 1. The Morgan fingerprint density at radius 3 is 2.72 bits per heavy atom. The van der Waals surface area contributed by atoms with Crippen LogP contribution in [-0.4, -0.2) is 4.98 Å². The molecule has 0 aliphatic rings. The van der Waals surface area contributed by atoms with Gasteiger partial charge in [0.15, 0.2) is 0 Å². The molecule has 0 aliphatic carbocycles. The Kier molecular flexibility index (Phi) is 3.79. The van der Waals surface area contributed by atoms with Crippen molar-refractivity contribution in [2.75, 3.05) is 5.43 Å². The van der Waals surface area contributed by atoms with Gasteiger partial charge in [-0.15, -0.1) is 0 Å². The lowest BCUT2D eigenvalue weighted by Crippen LogP contribution is -2.08. The molecule has 4 heteroatoms. The van der Waals surface area contributed by atoms with Crippen molar-refractivity contribution in [2.24, 2.45) is 5.84 Å². The maximum Gasteiger partial charge on any atom is 0.139 e.